The van der Waals surface area contributed by atoms with Gasteiger partial charge < -0.3 is 4.74 Å². The van der Waals surface area contributed by atoms with Crippen molar-refractivity contribution in [1.82, 2.24) is 0 Å². The van der Waals surface area contributed by atoms with Crippen LogP contribution in [0.4, 0.5) is 23.7 Å². The second-order valence-electron chi connectivity index (χ2n) is 8.09. The van der Waals surface area contributed by atoms with Gasteiger partial charge in [-0.25, -0.2) is 10.7 Å². The quantitative estimate of drug-likeness (QED) is 0.423. The molecule has 0 aromatic heterocycles. The van der Waals surface area contributed by atoms with Crippen LogP contribution in [0.3, 0.4) is 0 Å². The Balaban J connectivity index is 2.38. The van der Waals surface area contributed by atoms with Crippen LogP contribution in [0, 0.1) is 0 Å². The smallest absolute Gasteiger partial charge is 0.424 e. The topological polar surface area (TPSA) is 73.6 Å². The highest BCUT2D eigenvalue weighted by Gasteiger charge is 2.58. The molecule has 0 aliphatic carbocycles. The lowest BCUT2D eigenvalue weighted by Crippen LogP contribution is -2.47. The van der Waals surface area contributed by atoms with Gasteiger partial charge in [-0.3, -0.25) is 10.2 Å². The lowest BCUT2D eigenvalue weighted by atomic mass is 9.84. The summed E-state index contributed by atoms with van der Waals surface area (Å²) in [6.45, 7) is 8.89. The van der Waals surface area contributed by atoms with Gasteiger partial charge in [0.05, 0.1) is 0 Å². The predicted octanol–water partition coefficient (Wildman–Crippen LogP) is 7.09. The summed E-state index contributed by atoms with van der Waals surface area (Å²) in [5, 5.41) is 2.52. The number of carbonyl (C=O) groups excluding carboxylic acids is 1. The molecular formula is C22H23Cl2F3N2O3. The normalized spacial score (nSPS) is 13.9. The van der Waals surface area contributed by atoms with Crippen LogP contribution in [0.25, 0.3) is 5.57 Å². The Hall–Kier alpha value is -2.26. The summed E-state index contributed by atoms with van der Waals surface area (Å²) in [5.41, 5.74) is -3.33. The molecule has 10 heteroatoms. The van der Waals surface area contributed by atoms with E-state index in [4.69, 9.17) is 33.8 Å². The molecule has 2 rings (SSSR count). The van der Waals surface area contributed by atoms with Gasteiger partial charge in [0.1, 0.15) is 5.60 Å². The number of amides is 1. The van der Waals surface area contributed by atoms with E-state index >= 15 is 0 Å². The minimum absolute atomic E-state index is 0.00709. The minimum atomic E-state index is -4.93. The molecule has 1 unspecified atom stereocenters. The first kappa shape index (κ1) is 26.0. The Morgan fingerprint density at radius 2 is 1.69 bits per heavy atom. The summed E-state index contributed by atoms with van der Waals surface area (Å²) in [7, 11) is 0. The van der Waals surface area contributed by atoms with Gasteiger partial charge in [0, 0.05) is 22.2 Å². The van der Waals surface area contributed by atoms with E-state index in [1.807, 2.05) is 0 Å². The third-order valence-electron chi connectivity index (χ3n) is 4.37. The van der Waals surface area contributed by atoms with Gasteiger partial charge in [-0.1, -0.05) is 41.9 Å². The fourth-order valence-electron chi connectivity index (χ4n) is 2.97. The summed E-state index contributed by atoms with van der Waals surface area (Å²) in [6.07, 6.45) is -6.38. The maximum atomic E-state index is 14.2. The first-order valence-electron chi connectivity index (χ1n) is 9.36. The third kappa shape index (κ3) is 6.38. The predicted molar refractivity (Wildman–Crippen MR) is 119 cm³/mol. The Morgan fingerprint density at radius 3 is 2.19 bits per heavy atom. The van der Waals surface area contributed by atoms with Crippen molar-refractivity contribution < 1.29 is 27.5 Å². The SMILES string of the molecule is C=C(CC(ON)(c1cc(Cl)cc(Cl)c1)C(F)(F)F)c1cccc(NC(=O)OC(C)(C)C)c1. The van der Waals surface area contributed by atoms with Gasteiger partial charge in [0.2, 0.25) is 5.60 Å². The number of hydrogen-bond donors (Lipinski definition) is 2. The summed E-state index contributed by atoms with van der Waals surface area (Å²) in [5.74, 6) is 5.19. The van der Waals surface area contributed by atoms with Gasteiger partial charge in [-0.05, 0) is 67.8 Å². The largest absolute Gasteiger partial charge is 0.444 e. The second-order valence-corrected chi connectivity index (χ2v) is 8.96. The molecule has 2 aromatic rings. The van der Waals surface area contributed by atoms with Gasteiger partial charge in [-0.2, -0.15) is 13.2 Å². The van der Waals surface area contributed by atoms with E-state index < -0.39 is 29.9 Å². The molecule has 0 heterocycles. The molecule has 1 amide bonds. The number of benzene rings is 2. The number of carbonyl (C=O) groups is 1. The van der Waals surface area contributed by atoms with Crippen molar-refractivity contribution in [2.75, 3.05) is 5.32 Å². The molecule has 0 saturated carbocycles. The van der Waals surface area contributed by atoms with E-state index in [2.05, 4.69) is 16.7 Å². The molecule has 32 heavy (non-hydrogen) atoms. The fourth-order valence-corrected chi connectivity index (χ4v) is 3.50. The monoisotopic (exact) mass is 490 g/mol. The Labute approximate surface area is 194 Å². The van der Waals surface area contributed by atoms with Crippen molar-refractivity contribution in [2.45, 2.75) is 44.6 Å². The van der Waals surface area contributed by atoms with Crippen molar-refractivity contribution in [3.8, 4) is 0 Å². The van der Waals surface area contributed by atoms with Crippen molar-refractivity contribution in [2.24, 2.45) is 5.90 Å². The Morgan fingerprint density at radius 1 is 1.09 bits per heavy atom. The van der Waals surface area contributed by atoms with E-state index in [0.29, 0.717) is 11.3 Å². The number of halogens is 5. The van der Waals surface area contributed by atoms with Gasteiger partial charge in [0.25, 0.3) is 0 Å². The van der Waals surface area contributed by atoms with E-state index in [1.54, 1.807) is 39.0 Å². The molecule has 0 aliphatic heterocycles. The third-order valence-corrected chi connectivity index (χ3v) is 4.80. The van der Waals surface area contributed by atoms with Crippen molar-refractivity contribution in [3.05, 3.63) is 70.2 Å². The number of nitrogens with two attached hydrogens (primary N) is 1. The lowest BCUT2D eigenvalue weighted by Gasteiger charge is -2.35. The maximum absolute atomic E-state index is 14.2. The Kier molecular flexibility index (Phi) is 7.88. The maximum Gasteiger partial charge on any atom is 0.424 e. The van der Waals surface area contributed by atoms with Crippen LogP contribution in [0.15, 0.2) is 49.0 Å². The summed E-state index contributed by atoms with van der Waals surface area (Å²) in [4.78, 5) is 16.5. The molecule has 174 valence electrons. The van der Waals surface area contributed by atoms with E-state index in [9.17, 15) is 18.0 Å². The summed E-state index contributed by atoms with van der Waals surface area (Å²) < 4.78 is 47.8. The van der Waals surface area contributed by atoms with Crippen molar-refractivity contribution in [1.29, 1.82) is 0 Å². The van der Waals surface area contributed by atoms with Crippen LogP contribution in [0.5, 0.6) is 0 Å². The highest BCUT2D eigenvalue weighted by atomic mass is 35.5. The standard InChI is InChI=1S/C22H23Cl2F3N2O3/c1-13(14-6-5-7-18(8-14)29-19(30)31-20(2,3)4)12-21(32-28,22(25,26)27)15-9-16(23)11-17(24)10-15/h5-11H,1,12,28H2,2-4H3,(H,29,30). The van der Waals surface area contributed by atoms with Crippen LogP contribution < -0.4 is 11.2 Å². The summed E-state index contributed by atoms with van der Waals surface area (Å²) >= 11 is 11.8. The molecule has 0 bridgehead atoms. The number of nitrogens with one attached hydrogen (secondary N) is 1. The van der Waals surface area contributed by atoms with Crippen molar-refractivity contribution in [3.63, 3.8) is 0 Å². The highest BCUT2D eigenvalue weighted by Crippen LogP contribution is 2.48. The molecule has 2 aromatic carbocycles. The molecule has 0 aliphatic rings. The number of alkyl halides is 3. The van der Waals surface area contributed by atoms with Crippen molar-refractivity contribution >= 4 is 40.6 Å². The van der Waals surface area contributed by atoms with Gasteiger partial charge >= 0.3 is 12.3 Å². The average Bonchev–Trinajstić information content (AvgIpc) is 2.62. The van der Waals surface area contributed by atoms with Crippen LogP contribution in [0.1, 0.15) is 38.3 Å². The fraction of sp³-hybridized carbons (Fsp3) is 0.318. The van der Waals surface area contributed by atoms with E-state index in [0.717, 1.165) is 12.1 Å². The van der Waals surface area contributed by atoms with E-state index in [1.165, 1.54) is 12.1 Å². The molecule has 5 nitrogen and oxygen atoms in total. The van der Waals surface area contributed by atoms with Crippen LogP contribution >= 0.6 is 23.2 Å². The zero-order valence-electron chi connectivity index (χ0n) is 17.6. The molecule has 0 radical (unpaired) electrons. The van der Waals surface area contributed by atoms with Gasteiger partial charge in [0.15, 0.2) is 0 Å². The average molecular weight is 491 g/mol. The zero-order chi connectivity index (χ0) is 24.3. The molecule has 3 N–H and O–H groups in total. The number of rotatable bonds is 6. The summed E-state index contributed by atoms with van der Waals surface area (Å²) in [6, 6.07) is 9.60. The van der Waals surface area contributed by atoms with Gasteiger partial charge in [-0.15, -0.1) is 0 Å². The van der Waals surface area contributed by atoms with Crippen LogP contribution in [-0.2, 0) is 15.2 Å². The Bertz CT molecular complexity index is 986. The molecule has 0 spiro atoms. The molecule has 0 fully saturated rings. The molecule has 0 saturated heterocycles. The number of ether oxygens (including phenoxy) is 1. The lowest BCUT2D eigenvalue weighted by molar-refractivity contribution is -0.285. The molecule has 1 atom stereocenters. The minimum Gasteiger partial charge on any atom is -0.444 e. The molecular weight excluding hydrogens is 468 g/mol. The highest BCUT2D eigenvalue weighted by molar-refractivity contribution is 6.34. The number of anilines is 1. The first-order valence-corrected chi connectivity index (χ1v) is 10.1. The zero-order valence-corrected chi connectivity index (χ0v) is 19.2. The second kappa shape index (κ2) is 9.70. The van der Waals surface area contributed by atoms with E-state index in [-0.39, 0.29) is 21.2 Å². The van der Waals surface area contributed by atoms with Crippen LogP contribution in [0.2, 0.25) is 10.0 Å². The number of hydrogen-bond acceptors (Lipinski definition) is 4. The van der Waals surface area contributed by atoms with Crippen LogP contribution in [-0.4, -0.2) is 17.9 Å². The first-order chi connectivity index (χ1) is 14.7.